The molecule has 1 saturated heterocycles. The number of fused-ring (bicyclic) bond motifs is 5. The van der Waals surface area contributed by atoms with Gasteiger partial charge in [-0.05, 0) is 30.5 Å². The number of anilines is 1. The van der Waals surface area contributed by atoms with Crippen LogP contribution in [-0.4, -0.2) is 66.3 Å². The van der Waals surface area contributed by atoms with Crippen molar-refractivity contribution in [2.75, 3.05) is 36.5 Å². The van der Waals surface area contributed by atoms with E-state index in [0.29, 0.717) is 36.5 Å². The Kier molecular flexibility index (Phi) is 5.60. The first-order chi connectivity index (χ1) is 15.5. The van der Waals surface area contributed by atoms with Gasteiger partial charge in [-0.25, -0.2) is 18.9 Å². The van der Waals surface area contributed by atoms with Gasteiger partial charge in [0, 0.05) is 60.8 Å². The van der Waals surface area contributed by atoms with Gasteiger partial charge < -0.3 is 4.90 Å². The first-order valence-corrected chi connectivity index (χ1v) is 12.3. The number of rotatable bonds is 3. The number of aromatic nitrogens is 4. The molecular weight excluding hydrogens is 433 g/mol. The van der Waals surface area contributed by atoms with Gasteiger partial charge in [0.1, 0.15) is 17.2 Å². The standard InChI is InChI=1S/C21H24FN7O2S/c1-32(31)10-9-27-7-4-17-15(11-14(22)12-23-17)18-3-2-6-28(18)19-5-8-29-20(25-19)16(13-24-29)21(30)26-27/h5,8,11-13,18H,2-4,6-7,9-10H2,1H3,(H,26,30). The summed E-state index contributed by atoms with van der Waals surface area (Å²) in [6.45, 7) is 1.66. The van der Waals surface area contributed by atoms with E-state index in [1.54, 1.807) is 28.0 Å². The second-order valence-corrected chi connectivity index (χ2v) is 9.66. The van der Waals surface area contributed by atoms with Crippen molar-refractivity contribution in [1.29, 1.82) is 0 Å². The van der Waals surface area contributed by atoms with Crippen molar-refractivity contribution in [2.45, 2.75) is 25.3 Å². The van der Waals surface area contributed by atoms with Crippen LogP contribution in [0.5, 0.6) is 0 Å². The van der Waals surface area contributed by atoms with Gasteiger partial charge in [-0.15, -0.1) is 0 Å². The third-order valence-electron chi connectivity index (χ3n) is 6.00. The Labute approximate surface area is 187 Å². The summed E-state index contributed by atoms with van der Waals surface area (Å²) >= 11 is 0. The van der Waals surface area contributed by atoms with Gasteiger partial charge in [-0.1, -0.05) is 0 Å². The zero-order valence-electron chi connectivity index (χ0n) is 17.7. The SMILES string of the molecule is CS(=O)CCN1CCc2ncc(F)cc2C2CCCN2c2ccn3ncc(c3n2)C(=O)N1. The molecule has 0 saturated carbocycles. The number of hydrogen-bond acceptors (Lipinski definition) is 7. The second kappa shape index (κ2) is 8.55. The van der Waals surface area contributed by atoms with Crippen LogP contribution in [0.3, 0.4) is 0 Å². The lowest BCUT2D eigenvalue weighted by Gasteiger charge is -2.28. The molecule has 1 fully saturated rings. The highest BCUT2D eigenvalue weighted by molar-refractivity contribution is 7.84. The Balaban J connectivity index is 1.62. The molecule has 0 spiro atoms. The summed E-state index contributed by atoms with van der Waals surface area (Å²) in [5.74, 6) is 0.448. The van der Waals surface area contributed by atoms with Crippen LogP contribution in [0.15, 0.2) is 30.7 Å². The molecule has 5 heterocycles. The van der Waals surface area contributed by atoms with Crippen LogP contribution in [0.2, 0.25) is 0 Å². The summed E-state index contributed by atoms with van der Waals surface area (Å²) in [4.78, 5) is 24.4. The van der Waals surface area contributed by atoms with Gasteiger partial charge in [-0.3, -0.25) is 19.4 Å². The lowest BCUT2D eigenvalue weighted by atomic mass is 10.0. The largest absolute Gasteiger partial charge is 0.349 e. The van der Waals surface area contributed by atoms with Crippen molar-refractivity contribution in [3.8, 4) is 0 Å². The van der Waals surface area contributed by atoms with Crippen LogP contribution in [0.25, 0.3) is 5.65 Å². The van der Waals surface area contributed by atoms with Gasteiger partial charge >= 0.3 is 0 Å². The Hall–Kier alpha value is -2.92. The van der Waals surface area contributed by atoms with E-state index in [2.05, 4.69) is 20.4 Å². The van der Waals surface area contributed by atoms with Crippen LogP contribution in [0.1, 0.15) is 40.5 Å². The van der Waals surface area contributed by atoms with Crippen molar-refractivity contribution >= 4 is 28.2 Å². The van der Waals surface area contributed by atoms with Gasteiger partial charge in [0.2, 0.25) is 0 Å². The molecule has 168 valence electrons. The van der Waals surface area contributed by atoms with Crippen LogP contribution in [-0.2, 0) is 17.2 Å². The Morgan fingerprint density at radius 2 is 2.19 bits per heavy atom. The van der Waals surface area contributed by atoms with Crippen molar-refractivity contribution in [1.82, 2.24) is 30.0 Å². The Bertz CT molecular complexity index is 1200. The molecule has 2 aliphatic heterocycles. The maximum atomic E-state index is 14.2. The first-order valence-electron chi connectivity index (χ1n) is 10.6. The molecule has 1 amide bonds. The fourth-order valence-corrected chi connectivity index (χ4v) is 4.91. The molecule has 5 rings (SSSR count). The monoisotopic (exact) mass is 457 g/mol. The van der Waals surface area contributed by atoms with Crippen LogP contribution < -0.4 is 10.3 Å². The van der Waals surface area contributed by atoms with E-state index in [-0.39, 0.29) is 17.8 Å². The van der Waals surface area contributed by atoms with Gasteiger partial charge in [-0.2, -0.15) is 5.10 Å². The normalized spacial score (nSPS) is 20.2. The highest BCUT2D eigenvalue weighted by atomic mass is 32.2. The van der Waals surface area contributed by atoms with Crippen molar-refractivity contribution in [3.05, 3.63) is 53.4 Å². The minimum absolute atomic E-state index is 0.0458. The molecule has 32 heavy (non-hydrogen) atoms. The minimum Gasteiger partial charge on any atom is -0.349 e. The second-order valence-electron chi connectivity index (χ2n) is 8.11. The summed E-state index contributed by atoms with van der Waals surface area (Å²) in [6.07, 6.45) is 8.50. The molecular formula is C21H24FN7O2S. The number of carbonyl (C=O) groups is 1. The summed E-state index contributed by atoms with van der Waals surface area (Å²) in [5.41, 5.74) is 5.38. The van der Waals surface area contributed by atoms with Crippen molar-refractivity contribution in [3.63, 3.8) is 0 Å². The molecule has 9 nitrogen and oxygen atoms in total. The molecule has 3 aromatic rings. The quantitative estimate of drug-likeness (QED) is 0.637. The van der Waals surface area contributed by atoms with Crippen LogP contribution >= 0.6 is 0 Å². The van der Waals surface area contributed by atoms with E-state index in [1.165, 1.54) is 12.4 Å². The zero-order chi connectivity index (χ0) is 22.2. The molecule has 3 aromatic heterocycles. The van der Waals surface area contributed by atoms with Crippen molar-refractivity contribution < 1.29 is 13.4 Å². The van der Waals surface area contributed by atoms with E-state index in [1.807, 2.05) is 6.07 Å². The highest BCUT2D eigenvalue weighted by Gasteiger charge is 2.31. The molecule has 1 N–H and O–H groups in total. The predicted molar refractivity (Wildman–Crippen MR) is 118 cm³/mol. The third kappa shape index (κ3) is 3.97. The number of halogens is 1. The maximum Gasteiger partial charge on any atom is 0.271 e. The van der Waals surface area contributed by atoms with E-state index >= 15 is 0 Å². The molecule has 2 atom stereocenters. The maximum absolute atomic E-state index is 14.2. The van der Waals surface area contributed by atoms with E-state index in [0.717, 1.165) is 36.5 Å². The molecule has 11 heteroatoms. The Morgan fingerprint density at radius 1 is 1.31 bits per heavy atom. The lowest BCUT2D eigenvalue weighted by molar-refractivity contribution is 0.0801. The minimum atomic E-state index is -1.01. The van der Waals surface area contributed by atoms with Crippen molar-refractivity contribution in [2.24, 2.45) is 0 Å². The van der Waals surface area contributed by atoms with E-state index < -0.39 is 10.8 Å². The molecule has 0 aromatic carbocycles. The fraction of sp³-hybridized carbons (Fsp3) is 0.429. The van der Waals surface area contributed by atoms with E-state index in [9.17, 15) is 13.4 Å². The highest BCUT2D eigenvalue weighted by Crippen LogP contribution is 2.37. The molecule has 2 aliphatic rings. The van der Waals surface area contributed by atoms with Gasteiger partial charge in [0.05, 0.1) is 18.4 Å². The topological polar surface area (TPSA) is 95.7 Å². The number of carbonyl (C=O) groups excluding carboxylic acids is 1. The van der Waals surface area contributed by atoms with Crippen LogP contribution in [0.4, 0.5) is 10.2 Å². The number of amides is 1. The number of pyridine rings is 1. The molecule has 2 unspecified atom stereocenters. The number of hydrogen-bond donors (Lipinski definition) is 1. The smallest absolute Gasteiger partial charge is 0.271 e. The number of hydrazine groups is 1. The van der Waals surface area contributed by atoms with Gasteiger partial charge in [0.15, 0.2) is 5.65 Å². The predicted octanol–water partition coefficient (Wildman–Crippen LogP) is 1.49. The lowest BCUT2D eigenvalue weighted by Crippen LogP contribution is -2.45. The average molecular weight is 458 g/mol. The number of nitrogens with one attached hydrogen (secondary N) is 1. The number of nitrogens with zero attached hydrogens (tertiary/aromatic N) is 6. The fourth-order valence-electron chi connectivity index (χ4n) is 4.43. The van der Waals surface area contributed by atoms with E-state index in [4.69, 9.17) is 4.98 Å². The summed E-state index contributed by atoms with van der Waals surface area (Å²) in [7, 11) is -1.01. The Morgan fingerprint density at radius 3 is 3.03 bits per heavy atom. The summed E-state index contributed by atoms with van der Waals surface area (Å²) in [5, 5.41) is 6.01. The molecule has 0 aliphatic carbocycles. The zero-order valence-corrected chi connectivity index (χ0v) is 18.5. The molecule has 2 bridgehead atoms. The van der Waals surface area contributed by atoms with Crippen LogP contribution in [0, 0.1) is 5.82 Å². The van der Waals surface area contributed by atoms with Gasteiger partial charge in [0.25, 0.3) is 5.91 Å². The summed E-state index contributed by atoms with van der Waals surface area (Å²) in [6, 6.07) is 3.39. The third-order valence-corrected chi connectivity index (χ3v) is 6.76. The molecule has 0 radical (unpaired) electrons. The average Bonchev–Trinajstić information content (AvgIpc) is 3.42. The summed E-state index contributed by atoms with van der Waals surface area (Å²) < 4.78 is 27.5. The first kappa shape index (κ1) is 21.0.